The monoisotopic (exact) mass is 578 g/mol. The number of hydrogen-bond acceptors (Lipinski definition) is 6. The summed E-state index contributed by atoms with van der Waals surface area (Å²) in [6.07, 6.45) is 3.36. The number of nitrogens with zero attached hydrogens (tertiary/aromatic N) is 2. The molecule has 1 aromatic heterocycles. The van der Waals surface area contributed by atoms with Crippen LogP contribution >= 0.6 is 35.0 Å². The Labute approximate surface area is 240 Å². The molecule has 0 spiro atoms. The highest BCUT2D eigenvalue weighted by atomic mass is 35.5. The van der Waals surface area contributed by atoms with E-state index >= 15 is 0 Å². The van der Waals surface area contributed by atoms with Gasteiger partial charge in [0, 0.05) is 10.6 Å². The molecule has 0 radical (unpaired) electrons. The number of hydrogen-bond donors (Lipinski definition) is 0. The summed E-state index contributed by atoms with van der Waals surface area (Å²) < 4.78 is 17.4. The van der Waals surface area contributed by atoms with Crippen LogP contribution in [0.4, 0.5) is 5.69 Å². The summed E-state index contributed by atoms with van der Waals surface area (Å²) in [4.78, 5) is 20.3. The minimum atomic E-state index is -0.181. The fourth-order valence-corrected chi connectivity index (χ4v) is 5.36. The van der Waals surface area contributed by atoms with Crippen LogP contribution in [0, 0.1) is 0 Å². The van der Waals surface area contributed by atoms with Crippen LogP contribution in [-0.4, -0.2) is 22.6 Å². The summed E-state index contributed by atoms with van der Waals surface area (Å²) in [5, 5.41) is 1.53. The topological polar surface area (TPSA) is 64.3 Å². The SMILES string of the molecule is CCOc1cc(/C=C2\SC(=Nc3ccccc3)N(Cc3ccco3)C2=O)cc(Cl)c1OCc1ccccc1Cl. The molecule has 198 valence electrons. The molecule has 1 amide bonds. The van der Waals surface area contributed by atoms with E-state index in [2.05, 4.69) is 0 Å². The molecule has 0 saturated carbocycles. The maximum absolute atomic E-state index is 13.5. The van der Waals surface area contributed by atoms with Gasteiger partial charge in [0.15, 0.2) is 16.7 Å². The summed E-state index contributed by atoms with van der Waals surface area (Å²) in [7, 11) is 0. The fourth-order valence-electron chi connectivity index (χ4n) is 3.89. The predicted molar refractivity (Wildman–Crippen MR) is 157 cm³/mol. The largest absolute Gasteiger partial charge is 0.490 e. The van der Waals surface area contributed by atoms with Crippen molar-refractivity contribution >= 4 is 57.8 Å². The first kappa shape index (κ1) is 26.9. The van der Waals surface area contributed by atoms with E-state index in [4.69, 9.17) is 42.1 Å². The molecule has 39 heavy (non-hydrogen) atoms. The van der Waals surface area contributed by atoms with E-state index in [1.54, 1.807) is 41.5 Å². The van der Waals surface area contributed by atoms with Crippen LogP contribution in [0.25, 0.3) is 6.08 Å². The molecule has 6 nitrogen and oxygen atoms in total. The fraction of sp³-hybridized carbons (Fsp3) is 0.133. The molecule has 9 heteroatoms. The normalized spacial score (nSPS) is 15.4. The number of ether oxygens (including phenoxy) is 2. The van der Waals surface area contributed by atoms with Crippen molar-refractivity contribution < 1.29 is 18.7 Å². The van der Waals surface area contributed by atoms with Gasteiger partial charge < -0.3 is 13.9 Å². The van der Waals surface area contributed by atoms with E-state index in [-0.39, 0.29) is 19.1 Å². The molecule has 1 fully saturated rings. The number of aliphatic imine (C=N–C) groups is 1. The van der Waals surface area contributed by atoms with Crippen LogP contribution in [-0.2, 0) is 17.9 Å². The first-order chi connectivity index (χ1) is 19.0. The molecule has 0 atom stereocenters. The molecule has 1 aliphatic heterocycles. The van der Waals surface area contributed by atoms with Crippen molar-refractivity contribution in [1.82, 2.24) is 4.90 Å². The molecule has 1 saturated heterocycles. The van der Waals surface area contributed by atoms with Crippen molar-refractivity contribution in [3.05, 3.63) is 117 Å². The highest BCUT2D eigenvalue weighted by Crippen LogP contribution is 2.40. The van der Waals surface area contributed by atoms with Gasteiger partial charge in [-0.25, -0.2) is 4.99 Å². The number of furan rings is 1. The molecule has 2 heterocycles. The third-order valence-electron chi connectivity index (χ3n) is 5.72. The lowest BCUT2D eigenvalue weighted by molar-refractivity contribution is -0.122. The molecule has 3 aromatic carbocycles. The van der Waals surface area contributed by atoms with Crippen LogP contribution in [0.1, 0.15) is 23.8 Å². The number of thioether (sulfide) groups is 1. The molecule has 0 unspecified atom stereocenters. The van der Waals surface area contributed by atoms with E-state index in [0.717, 1.165) is 11.3 Å². The van der Waals surface area contributed by atoms with Gasteiger partial charge in [-0.3, -0.25) is 9.69 Å². The molecule has 5 rings (SSSR count). The van der Waals surface area contributed by atoms with E-state index < -0.39 is 0 Å². The van der Waals surface area contributed by atoms with Gasteiger partial charge in [-0.2, -0.15) is 0 Å². The van der Waals surface area contributed by atoms with Crippen molar-refractivity contribution in [3.8, 4) is 11.5 Å². The molecule has 4 aromatic rings. The average molecular weight is 580 g/mol. The zero-order valence-corrected chi connectivity index (χ0v) is 23.3. The zero-order valence-electron chi connectivity index (χ0n) is 21.0. The first-order valence-electron chi connectivity index (χ1n) is 12.2. The van der Waals surface area contributed by atoms with Gasteiger partial charge in [0.2, 0.25) is 0 Å². The molecule has 1 aliphatic rings. The Morgan fingerprint density at radius 2 is 1.77 bits per heavy atom. The van der Waals surface area contributed by atoms with E-state index in [0.29, 0.717) is 49.5 Å². The summed E-state index contributed by atoms with van der Waals surface area (Å²) in [6, 6.07) is 24.1. The predicted octanol–water partition coefficient (Wildman–Crippen LogP) is 8.37. The second-order valence-electron chi connectivity index (χ2n) is 8.45. The second-order valence-corrected chi connectivity index (χ2v) is 10.3. The maximum Gasteiger partial charge on any atom is 0.267 e. The van der Waals surface area contributed by atoms with Gasteiger partial charge in [0.1, 0.15) is 12.4 Å². The Kier molecular flexibility index (Phi) is 8.61. The molecule has 0 aliphatic carbocycles. The van der Waals surface area contributed by atoms with Crippen LogP contribution in [0.2, 0.25) is 10.0 Å². The smallest absolute Gasteiger partial charge is 0.267 e. The lowest BCUT2D eigenvalue weighted by atomic mass is 10.1. The third-order valence-corrected chi connectivity index (χ3v) is 7.38. The number of rotatable bonds is 9. The summed E-state index contributed by atoms with van der Waals surface area (Å²) >= 11 is 14.2. The Hall–Kier alpha value is -3.65. The van der Waals surface area contributed by atoms with Crippen LogP contribution in [0.3, 0.4) is 0 Å². The second kappa shape index (κ2) is 12.5. The number of benzene rings is 3. The minimum Gasteiger partial charge on any atom is -0.490 e. The quantitative estimate of drug-likeness (QED) is 0.187. The van der Waals surface area contributed by atoms with Crippen molar-refractivity contribution in [2.24, 2.45) is 4.99 Å². The molecular formula is C30H24Cl2N2O4S. The highest BCUT2D eigenvalue weighted by molar-refractivity contribution is 8.18. The zero-order chi connectivity index (χ0) is 27.2. The van der Waals surface area contributed by atoms with Gasteiger partial charge in [0.25, 0.3) is 5.91 Å². The Bertz CT molecular complexity index is 1520. The van der Waals surface area contributed by atoms with Crippen LogP contribution in [0.5, 0.6) is 11.5 Å². The van der Waals surface area contributed by atoms with Crippen LogP contribution in [0.15, 0.2) is 99.4 Å². The van der Waals surface area contributed by atoms with Crippen LogP contribution < -0.4 is 9.47 Å². The number of halogens is 2. The van der Waals surface area contributed by atoms with Crippen molar-refractivity contribution in [2.45, 2.75) is 20.1 Å². The van der Waals surface area contributed by atoms with Crippen molar-refractivity contribution in [2.75, 3.05) is 6.61 Å². The number of amidine groups is 1. The van der Waals surface area contributed by atoms with Gasteiger partial charge in [-0.1, -0.05) is 59.6 Å². The summed E-state index contributed by atoms with van der Waals surface area (Å²) in [6.45, 7) is 2.79. The number of carbonyl (C=O) groups excluding carboxylic acids is 1. The van der Waals surface area contributed by atoms with Gasteiger partial charge in [0.05, 0.1) is 35.0 Å². The molecular weight excluding hydrogens is 555 g/mol. The number of carbonyl (C=O) groups is 1. The average Bonchev–Trinajstić information content (AvgIpc) is 3.54. The van der Waals surface area contributed by atoms with E-state index in [9.17, 15) is 4.79 Å². The standard InChI is InChI=1S/C30H24Cl2N2O4S/c1-2-36-26-16-20(15-25(32)28(26)38-19-21-9-6-7-13-24(21)31)17-27-29(35)34(18-23-12-8-14-37-23)30(39-27)33-22-10-4-3-5-11-22/h3-17H,2,18-19H2,1H3/b27-17-,33-30?. The first-order valence-corrected chi connectivity index (χ1v) is 13.8. The Morgan fingerprint density at radius 1 is 0.974 bits per heavy atom. The Morgan fingerprint density at radius 3 is 2.51 bits per heavy atom. The summed E-state index contributed by atoms with van der Waals surface area (Å²) in [5.74, 6) is 1.37. The van der Waals surface area contributed by atoms with Crippen molar-refractivity contribution in [3.63, 3.8) is 0 Å². The Balaban J connectivity index is 1.45. The lowest BCUT2D eigenvalue weighted by Gasteiger charge is -2.15. The molecule has 0 N–H and O–H groups in total. The number of amides is 1. The number of para-hydroxylation sites is 1. The highest BCUT2D eigenvalue weighted by Gasteiger charge is 2.34. The van der Waals surface area contributed by atoms with E-state index in [1.165, 1.54) is 11.8 Å². The molecule has 0 bridgehead atoms. The van der Waals surface area contributed by atoms with Crippen molar-refractivity contribution in [1.29, 1.82) is 0 Å². The maximum atomic E-state index is 13.5. The van der Waals surface area contributed by atoms with Gasteiger partial charge >= 0.3 is 0 Å². The van der Waals surface area contributed by atoms with E-state index in [1.807, 2.05) is 61.5 Å². The summed E-state index contributed by atoms with van der Waals surface area (Å²) in [5.41, 5.74) is 2.28. The third kappa shape index (κ3) is 6.50. The minimum absolute atomic E-state index is 0.181. The van der Waals surface area contributed by atoms with Gasteiger partial charge in [-0.15, -0.1) is 0 Å². The lowest BCUT2D eigenvalue weighted by Crippen LogP contribution is -2.28. The van der Waals surface area contributed by atoms with Gasteiger partial charge in [-0.05, 0) is 72.8 Å².